The molecule has 2 fully saturated rings. The van der Waals surface area contributed by atoms with Crippen LogP contribution in [0.2, 0.25) is 0 Å². The topological polar surface area (TPSA) is 35.8 Å². The van der Waals surface area contributed by atoms with Crippen LogP contribution >= 0.6 is 0 Å². The van der Waals surface area contributed by atoms with E-state index >= 15 is 0 Å². The molecule has 0 saturated heterocycles. The van der Waals surface area contributed by atoms with Gasteiger partial charge in [-0.15, -0.1) is 0 Å². The molecule has 0 aromatic rings. The third-order valence-corrected chi connectivity index (χ3v) is 4.93. The average Bonchev–Trinajstić information content (AvgIpc) is 2.54. The van der Waals surface area contributed by atoms with E-state index in [-0.39, 0.29) is 5.54 Å². The van der Waals surface area contributed by atoms with Crippen LogP contribution in [0, 0.1) is 22.7 Å². The van der Waals surface area contributed by atoms with Gasteiger partial charge in [0.1, 0.15) is 5.54 Å². The molecule has 2 rings (SSSR count). The van der Waals surface area contributed by atoms with E-state index in [2.05, 4.69) is 32.2 Å². The van der Waals surface area contributed by atoms with E-state index in [0.29, 0.717) is 17.4 Å². The molecule has 2 aliphatic carbocycles. The van der Waals surface area contributed by atoms with Crippen LogP contribution in [0.3, 0.4) is 0 Å². The molecular weight excluding hydrogens is 232 g/mol. The Balaban J connectivity index is 2.06. The van der Waals surface area contributed by atoms with Crippen LogP contribution in [0.25, 0.3) is 0 Å². The summed E-state index contributed by atoms with van der Waals surface area (Å²) in [6.07, 6.45) is 11.2. The highest BCUT2D eigenvalue weighted by molar-refractivity contribution is 5.13. The Hall–Kier alpha value is -0.550. The molecule has 0 aromatic carbocycles. The van der Waals surface area contributed by atoms with Gasteiger partial charge in [0.15, 0.2) is 0 Å². The first-order valence-corrected chi connectivity index (χ1v) is 8.14. The van der Waals surface area contributed by atoms with Crippen molar-refractivity contribution < 1.29 is 0 Å². The molecule has 19 heavy (non-hydrogen) atoms. The Labute approximate surface area is 119 Å². The van der Waals surface area contributed by atoms with Crippen molar-refractivity contribution in [3.05, 3.63) is 0 Å². The maximum absolute atomic E-state index is 9.78. The summed E-state index contributed by atoms with van der Waals surface area (Å²) in [6, 6.07) is 3.23. The van der Waals surface area contributed by atoms with Crippen molar-refractivity contribution in [1.82, 2.24) is 5.32 Å². The van der Waals surface area contributed by atoms with Crippen molar-refractivity contribution in [1.29, 1.82) is 5.26 Å². The quantitative estimate of drug-likeness (QED) is 0.748. The van der Waals surface area contributed by atoms with Crippen LogP contribution in [-0.4, -0.2) is 11.6 Å². The van der Waals surface area contributed by atoms with Crippen LogP contribution in [0.1, 0.15) is 78.6 Å². The third-order valence-electron chi connectivity index (χ3n) is 4.93. The highest BCUT2D eigenvalue weighted by Gasteiger charge is 2.44. The van der Waals surface area contributed by atoms with Gasteiger partial charge < -0.3 is 0 Å². The molecule has 2 atom stereocenters. The highest BCUT2D eigenvalue weighted by atomic mass is 15.0. The number of nitriles is 1. The Morgan fingerprint density at radius 1 is 1.05 bits per heavy atom. The number of nitrogens with zero attached hydrogens (tertiary/aromatic N) is 1. The summed E-state index contributed by atoms with van der Waals surface area (Å²) in [7, 11) is 0. The second kappa shape index (κ2) is 5.83. The van der Waals surface area contributed by atoms with Gasteiger partial charge in [0, 0.05) is 6.04 Å². The summed E-state index contributed by atoms with van der Waals surface area (Å²) in [6.45, 7) is 6.95. The molecule has 2 saturated carbocycles. The van der Waals surface area contributed by atoms with Gasteiger partial charge in [0.2, 0.25) is 0 Å². The first-order chi connectivity index (χ1) is 8.95. The lowest BCUT2D eigenvalue weighted by molar-refractivity contribution is 0.104. The number of nitrogens with one attached hydrogen (secondary N) is 1. The molecule has 0 bridgehead atoms. The second-order valence-corrected chi connectivity index (χ2v) is 7.88. The van der Waals surface area contributed by atoms with Crippen molar-refractivity contribution in [3.63, 3.8) is 0 Å². The minimum Gasteiger partial charge on any atom is -0.297 e. The molecule has 2 aliphatic rings. The maximum atomic E-state index is 9.78. The first kappa shape index (κ1) is 14.9. The van der Waals surface area contributed by atoms with E-state index in [1.54, 1.807) is 0 Å². The lowest BCUT2D eigenvalue weighted by Gasteiger charge is -2.45. The fourth-order valence-corrected chi connectivity index (χ4v) is 4.61. The molecule has 0 aromatic heterocycles. The zero-order valence-electron chi connectivity index (χ0n) is 13.0. The van der Waals surface area contributed by atoms with Crippen molar-refractivity contribution >= 4 is 0 Å². The van der Waals surface area contributed by atoms with E-state index in [1.165, 1.54) is 44.9 Å². The van der Waals surface area contributed by atoms with Gasteiger partial charge in [-0.3, -0.25) is 5.32 Å². The zero-order valence-corrected chi connectivity index (χ0v) is 13.0. The van der Waals surface area contributed by atoms with Crippen LogP contribution in [-0.2, 0) is 0 Å². The number of rotatable bonds is 2. The Bertz CT molecular complexity index is 334. The summed E-state index contributed by atoms with van der Waals surface area (Å²) >= 11 is 0. The molecule has 2 nitrogen and oxygen atoms in total. The largest absolute Gasteiger partial charge is 0.297 e. The summed E-state index contributed by atoms with van der Waals surface area (Å²) < 4.78 is 0. The fraction of sp³-hybridized carbons (Fsp3) is 0.941. The lowest BCUT2D eigenvalue weighted by Crippen LogP contribution is -2.55. The van der Waals surface area contributed by atoms with Gasteiger partial charge >= 0.3 is 0 Å². The van der Waals surface area contributed by atoms with Gasteiger partial charge in [0.25, 0.3) is 0 Å². The first-order valence-electron chi connectivity index (χ1n) is 8.14. The summed E-state index contributed by atoms with van der Waals surface area (Å²) in [5, 5.41) is 13.6. The Morgan fingerprint density at radius 3 is 2.21 bits per heavy atom. The fourth-order valence-electron chi connectivity index (χ4n) is 4.61. The number of hydrogen-bond donors (Lipinski definition) is 1. The van der Waals surface area contributed by atoms with Crippen molar-refractivity contribution in [2.24, 2.45) is 11.3 Å². The van der Waals surface area contributed by atoms with E-state index in [4.69, 9.17) is 0 Å². The predicted octanol–water partition coefficient (Wildman–Crippen LogP) is 4.41. The molecular formula is C17H30N2. The van der Waals surface area contributed by atoms with Gasteiger partial charge in [-0.2, -0.15) is 5.26 Å². The van der Waals surface area contributed by atoms with E-state index < -0.39 is 0 Å². The number of hydrogen-bond acceptors (Lipinski definition) is 2. The van der Waals surface area contributed by atoms with Gasteiger partial charge in [-0.05, 0) is 43.4 Å². The minimum absolute atomic E-state index is 0.268. The van der Waals surface area contributed by atoms with Crippen molar-refractivity contribution in [3.8, 4) is 6.07 Å². The summed E-state index contributed by atoms with van der Waals surface area (Å²) in [4.78, 5) is 0. The molecule has 108 valence electrons. The monoisotopic (exact) mass is 262 g/mol. The van der Waals surface area contributed by atoms with Gasteiger partial charge in [-0.25, -0.2) is 0 Å². The highest BCUT2D eigenvalue weighted by Crippen LogP contribution is 2.44. The van der Waals surface area contributed by atoms with E-state index in [0.717, 1.165) is 12.8 Å². The molecule has 0 heterocycles. The average molecular weight is 262 g/mol. The normalized spacial score (nSPS) is 36.4. The molecule has 1 N–H and O–H groups in total. The minimum atomic E-state index is -0.268. The van der Waals surface area contributed by atoms with Crippen LogP contribution in [0.5, 0.6) is 0 Å². The van der Waals surface area contributed by atoms with Crippen LogP contribution < -0.4 is 5.32 Å². The van der Waals surface area contributed by atoms with Gasteiger partial charge in [-0.1, -0.05) is 46.5 Å². The third kappa shape index (κ3) is 3.96. The second-order valence-electron chi connectivity index (χ2n) is 7.88. The molecule has 2 heteroatoms. The molecule has 0 radical (unpaired) electrons. The molecule has 0 amide bonds. The van der Waals surface area contributed by atoms with Gasteiger partial charge in [0.05, 0.1) is 6.07 Å². The van der Waals surface area contributed by atoms with Crippen LogP contribution in [0.15, 0.2) is 0 Å². The maximum Gasteiger partial charge on any atom is 0.107 e. The SMILES string of the molecule is CC1CC(C)(C)CC(C#N)(NC2CCCCCC2)C1. The smallest absolute Gasteiger partial charge is 0.107 e. The summed E-state index contributed by atoms with van der Waals surface area (Å²) in [5.74, 6) is 0.654. The van der Waals surface area contributed by atoms with Crippen LogP contribution in [0.4, 0.5) is 0 Å². The van der Waals surface area contributed by atoms with E-state index in [9.17, 15) is 5.26 Å². The Kier molecular flexibility index (Phi) is 4.56. The Morgan fingerprint density at radius 2 is 1.68 bits per heavy atom. The van der Waals surface area contributed by atoms with Crippen molar-refractivity contribution in [2.75, 3.05) is 0 Å². The zero-order chi connectivity index (χ0) is 13.9. The lowest BCUT2D eigenvalue weighted by atomic mass is 9.64. The van der Waals surface area contributed by atoms with E-state index in [1.807, 2.05) is 0 Å². The predicted molar refractivity (Wildman–Crippen MR) is 79.8 cm³/mol. The van der Waals surface area contributed by atoms with Crippen molar-refractivity contribution in [2.45, 2.75) is 90.1 Å². The summed E-state index contributed by atoms with van der Waals surface area (Å²) in [5.41, 5.74) is 0.0291. The standard InChI is InChI=1S/C17H30N2/c1-14-10-16(2,3)12-17(11-14,13-18)19-15-8-6-4-5-7-9-15/h14-15,19H,4-12H2,1-3H3. The molecule has 0 spiro atoms. The molecule has 0 aliphatic heterocycles. The molecule has 2 unspecified atom stereocenters.